The number of carbonyl (C=O) groups is 3. The highest BCUT2D eigenvalue weighted by Crippen LogP contribution is 2.02. The SMILES string of the molecule is CCCCC(=O)CC(NC(=O)NC)C(=O)O. The van der Waals surface area contributed by atoms with E-state index < -0.39 is 18.0 Å². The fraction of sp³-hybridized carbons (Fsp3) is 0.700. The van der Waals surface area contributed by atoms with Gasteiger partial charge in [0.05, 0.1) is 0 Å². The zero-order chi connectivity index (χ0) is 12.6. The number of carboxylic acids is 1. The van der Waals surface area contributed by atoms with Crippen LogP contribution in [0.3, 0.4) is 0 Å². The van der Waals surface area contributed by atoms with E-state index in [4.69, 9.17) is 5.11 Å². The summed E-state index contributed by atoms with van der Waals surface area (Å²) in [4.78, 5) is 33.0. The topological polar surface area (TPSA) is 95.5 Å². The standard InChI is InChI=1S/C10H18N2O4/c1-3-4-5-7(13)6-8(9(14)15)12-10(16)11-2/h8H,3-6H2,1-2H3,(H,14,15)(H2,11,12,16). The molecule has 0 rings (SSSR count). The molecule has 6 nitrogen and oxygen atoms in total. The Morgan fingerprint density at radius 3 is 2.38 bits per heavy atom. The molecule has 0 bridgehead atoms. The average molecular weight is 230 g/mol. The maximum absolute atomic E-state index is 11.4. The van der Waals surface area contributed by atoms with Crippen LogP contribution in [-0.4, -0.2) is 36.0 Å². The van der Waals surface area contributed by atoms with Crippen LogP contribution in [0.2, 0.25) is 0 Å². The van der Waals surface area contributed by atoms with Crippen molar-refractivity contribution >= 4 is 17.8 Å². The second-order valence-corrected chi connectivity index (χ2v) is 3.46. The maximum atomic E-state index is 11.4. The zero-order valence-corrected chi connectivity index (χ0v) is 9.58. The molecular weight excluding hydrogens is 212 g/mol. The number of aliphatic carboxylic acids is 1. The van der Waals surface area contributed by atoms with Gasteiger partial charge in [0.1, 0.15) is 11.8 Å². The first kappa shape index (κ1) is 14.4. The van der Waals surface area contributed by atoms with E-state index in [1.165, 1.54) is 7.05 Å². The van der Waals surface area contributed by atoms with E-state index in [0.29, 0.717) is 6.42 Å². The molecule has 0 saturated carbocycles. The maximum Gasteiger partial charge on any atom is 0.326 e. The van der Waals surface area contributed by atoms with Gasteiger partial charge in [0.2, 0.25) is 0 Å². The van der Waals surface area contributed by atoms with E-state index in [2.05, 4.69) is 10.6 Å². The minimum Gasteiger partial charge on any atom is -0.480 e. The fourth-order valence-corrected chi connectivity index (χ4v) is 1.13. The summed E-state index contributed by atoms with van der Waals surface area (Å²) >= 11 is 0. The molecule has 0 radical (unpaired) electrons. The first-order chi connectivity index (χ1) is 7.51. The highest BCUT2D eigenvalue weighted by molar-refractivity contribution is 5.88. The van der Waals surface area contributed by atoms with Crippen molar-refractivity contribution in [1.29, 1.82) is 0 Å². The third kappa shape index (κ3) is 6.00. The summed E-state index contributed by atoms with van der Waals surface area (Å²) in [6, 6.07) is -1.75. The molecule has 0 aliphatic rings. The number of urea groups is 1. The number of hydrogen-bond donors (Lipinski definition) is 3. The van der Waals surface area contributed by atoms with E-state index in [-0.39, 0.29) is 12.2 Å². The van der Waals surface area contributed by atoms with Gasteiger partial charge in [0.15, 0.2) is 0 Å². The Kier molecular flexibility index (Phi) is 6.91. The first-order valence-electron chi connectivity index (χ1n) is 5.24. The molecule has 0 aromatic rings. The van der Waals surface area contributed by atoms with Gasteiger partial charge in [-0.2, -0.15) is 0 Å². The van der Waals surface area contributed by atoms with Crippen molar-refractivity contribution in [3.63, 3.8) is 0 Å². The molecule has 0 heterocycles. The molecule has 0 aromatic heterocycles. The quantitative estimate of drug-likeness (QED) is 0.594. The van der Waals surface area contributed by atoms with Crippen molar-refractivity contribution in [2.75, 3.05) is 7.05 Å². The summed E-state index contributed by atoms with van der Waals surface area (Å²) in [5.74, 6) is -1.35. The summed E-state index contributed by atoms with van der Waals surface area (Å²) in [6.07, 6.45) is 1.82. The van der Waals surface area contributed by atoms with Crippen molar-refractivity contribution < 1.29 is 19.5 Å². The van der Waals surface area contributed by atoms with E-state index in [1.807, 2.05) is 6.92 Å². The van der Waals surface area contributed by atoms with Crippen LogP contribution in [-0.2, 0) is 9.59 Å². The van der Waals surface area contributed by atoms with Crippen LogP contribution < -0.4 is 10.6 Å². The number of nitrogens with one attached hydrogen (secondary N) is 2. The number of ketones is 1. The number of carbonyl (C=O) groups excluding carboxylic acids is 2. The molecule has 0 saturated heterocycles. The Morgan fingerprint density at radius 2 is 1.94 bits per heavy atom. The lowest BCUT2D eigenvalue weighted by molar-refractivity contribution is -0.141. The lowest BCUT2D eigenvalue weighted by Gasteiger charge is -2.13. The number of hydrogen-bond acceptors (Lipinski definition) is 3. The molecule has 0 spiro atoms. The van der Waals surface area contributed by atoms with Crippen molar-refractivity contribution in [2.24, 2.45) is 0 Å². The van der Waals surface area contributed by atoms with E-state index in [9.17, 15) is 14.4 Å². The van der Waals surface area contributed by atoms with Gasteiger partial charge in [-0.3, -0.25) is 4.79 Å². The van der Waals surface area contributed by atoms with Gasteiger partial charge in [-0.1, -0.05) is 13.3 Å². The second-order valence-electron chi connectivity index (χ2n) is 3.46. The molecular formula is C10H18N2O4. The van der Waals surface area contributed by atoms with Gasteiger partial charge in [0, 0.05) is 19.9 Å². The second kappa shape index (κ2) is 7.67. The minimum absolute atomic E-state index is 0.148. The van der Waals surface area contributed by atoms with Gasteiger partial charge < -0.3 is 15.7 Å². The molecule has 1 unspecified atom stereocenters. The molecule has 2 amide bonds. The Balaban J connectivity index is 4.17. The Morgan fingerprint density at radius 1 is 1.31 bits per heavy atom. The van der Waals surface area contributed by atoms with Crippen molar-refractivity contribution in [3.8, 4) is 0 Å². The third-order valence-electron chi connectivity index (χ3n) is 2.07. The monoisotopic (exact) mass is 230 g/mol. The summed E-state index contributed by atoms with van der Waals surface area (Å²) in [5.41, 5.74) is 0. The van der Waals surface area contributed by atoms with Gasteiger partial charge in [-0.05, 0) is 6.42 Å². The van der Waals surface area contributed by atoms with Crippen molar-refractivity contribution in [3.05, 3.63) is 0 Å². The van der Waals surface area contributed by atoms with Crippen LogP contribution in [0.4, 0.5) is 4.79 Å². The van der Waals surface area contributed by atoms with Gasteiger partial charge >= 0.3 is 12.0 Å². The molecule has 6 heteroatoms. The van der Waals surface area contributed by atoms with Crippen LogP contribution in [0.5, 0.6) is 0 Å². The Hall–Kier alpha value is -1.59. The number of carboxylic acid groups (broad SMARTS) is 1. The number of rotatable bonds is 7. The van der Waals surface area contributed by atoms with Crippen LogP contribution in [0.1, 0.15) is 32.6 Å². The highest BCUT2D eigenvalue weighted by atomic mass is 16.4. The highest BCUT2D eigenvalue weighted by Gasteiger charge is 2.22. The Labute approximate surface area is 94.4 Å². The molecule has 1 atom stereocenters. The predicted molar refractivity (Wildman–Crippen MR) is 58.2 cm³/mol. The summed E-state index contributed by atoms with van der Waals surface area (Å²) in [6.45, 7) is 1.95. The van der Waals surface area contributed by atoms with Crippen LogP contribution in [0.25, 0.3) is 0 Å². The molecule has 0 fully saturated rings. The molecule has 16 heavy (non-hydrogen) atoms. The first-order valence-corrected chi connectivity index (χ1v) is 5.24. The largest absolute Gasteiger partial charge is 0.480 e. The van der Waals surface area contributed by atoms with Crippen LogP contribution in [0, 0.1) is 0 Å². The van der Waals surface area contributed by atoms with Crippen LogP contribution in [0.15, 0.2) is 0 Å². The zero-order valence-electron chi connectivity index (χ0n) is 9.58. The molecule has 0 aromatic carbocycles. The third-order valence-corrected chi connectivity index (χ3v) is 2.07. The summed E-state index contributed by atoms with van der Waals surface area (Å²) in [5, 5.41) is 13.2. The van der Waals surface area contributed by atoms with Crippen molar-refractivity contribution in [1.82, 2.24) is 10.6 Å². The van der Waals surface area contributed by atoms with Gasteiger partial charge in [0.25, 0.3) is 0 Å². The Bertz CT molecular complexity index is 266. The minimum atomic E-state index is -1.20. The van der Waals surface area contributed by atoms with E-state index in [1.54, 1.807) is 0 Å². The number of unbranched alkanes of at least 4 members (excludes halogenated alkanes) is 1. The molecule has 92 valence electrons. The van der Waals surface area contributed by atoms with Crippen LogP contribution >= 0.6 is 0 Å². The lowest BCUT2D eigenvalue weighted by Crippen LogP contribution is -2.45. The molecule has 3 N–H and O–H groups in total. The lowest BCUT2D eigenvalue weighted by atomic mass is 10.1. The smallest absolute Gasteiger partial charge is 0.326 e. The molecule has 0 aliphatic carbocycles. The molecule has 0 aliphatic heterocycles. The predicted octanol–water partition coefficient (Wildman–Crippen LogP) is 0.518. The fourth-order valence-electron chi connectivity index (χ4n) is 1.13. The number of Topliss-reactive ketones (excluding diaryl/α,β-unsaturated/α-hetero) is 1. The van der Waals surface area contributed by atoms with Gasteiger partial charge in [-0.15, -0.1) is 0 Å². The normalized spacial score (nSPS) is 11.6. The summed E-state index contributed by atoms with van der Waals surface area (Å²) < 4.78 is 0. The van der Waals surface area contributed by atoms with E-state index in [0.717, 1.165) is 12.8 Å². The van der Waals surface area contributed by atoms with Crippen molar-refractivity contribution in [2.45, 2.75) is 38.6 Å². The summed E-state index contributed by atoms with van der Waals surface area (Å²) in [7, 11) is 1.38. The van der Waals surface area contributed by atoms with Gasteiger partial charge in [-0.25, -0.2) is 9.59 Å². The number of amides is 2. The average Bonchev–Trinajstić information content (AvgIpc) is 2.24. The van der Waals surface area contributed by atoms with E-state index >= 15 is 0 Å².